The molecule has 0 aliphatic rings. The fourth-order valence-electron chi connectivity index (χ4n) is 1.56. The molecule has 2 N–H and O–H groups in total. The first kappa shape index (κ1) is 11.6. The van der Waals surface area contributed by atoms with Gasteiger partial charge in [0.05, 0.1) is 0 Å². The summed E-state index contributed by atoms with van der Waals surface area (Å²) in [5.74, 6) is 0.499. The molecule has 0 aliphatic carbocycles. The molecule has 1 nitrogen and oxygen atoms in total. The van der Waals surface area contributed by atoms with Crippen LogP contribution in [0.25, 0.3) is 6.08 Å². The number of allylic oxidation sites excluding steroid dienone is 3. The molecule has 0 fully saturated rings. The largest absolute Gasteiger partial charge is 0.398 e. The van der Waals surface area contributed by atoms with Gasteiger partial charge in [0.1, 0.15) is 0 Å². The maximum absolute atomic E-state index is 5.97. The van der Waals surface area contributed by atoms with Crippen LogP contribution in [-0.2, 0) is 0 Å². The number of nitrogens with two attached hydrogens (primary N) is 1. The van der Waals surface area contributed by atoms with Gasteiger partial charge in [-0.25, -0.2) is 0 Å². The molecular weight excluding hydrogens is 182 g/mol. The second-order valence-electron chi connectivity index (χ2n) is 3.89. The van der Waals surface area contributed by atoms with E-state index in [2.05, 4.69) is 26.0 Å². The molecule has 0 bridgehead atoms. The molecule has 0 saturated heterocycles. The molecule has 0 heterocycles. The van der Waals surface area contributed by atoms with Crippen molar-refractivity contribution in [3.05, 3.63) is 47.6 Å². The third kappa shape index (κ3) is 2.98. The highest BCUT2D eigenvalue weighted by Gasteiger charge is 2.05. The molecule has 0 spiro atoms. The summed E-state index contributed by atoms with van der Waals surface area (Å²) in [5.41, 5.74) is 9.26. The van der Waals surface area contributed by atoms with E-state index in [0.29, 0.717) is 5.92 Å². The fourth-order valence-corrected chi connectivity index (χ4v) is 1.56. The summed E-state index contributed by atoms with van der Waals surface area (Å²) in [6, 6.07) is 6.09. The third-order valence-electron chi connectivity index (χ3n) is 2.36. The van der Waals surface area contributed by atoms with Crippen molar-refractivity contribution in [3.63, 3.8) is 0 Å². The summed E-state index contributed by atoms with van der Waals surface area (Å²) < 4.78 is 0. The molecule has 0 amide bonds. The Morgan fingerprint density at radius 1 is 1.20 bits per heavy atom. The minimum Gasteiger partial charge on any atom is -0.398 e. The average molecular weight is 201 g/mol. The van der Waals surface area contributed by atoms with Crippen molar-refractivity contribution in [1.82, 2.24) is 0 Å². The highest BCUT2D eigenvalue weighted by molar-refractivity contribution is 5.68. The number of hydrogen-bond acceptors (Lipinski definition) is 1. The topological polar surface area (TPSA) is 26.0 Å². The Morgan fingerprint density at radius 2 is 1.93 bits per heavy atom. The Balaban J connectivity index is 3.13. The maximum atomic E-state index is 5.97. The molecule has 0 unspecified atom stereocenters. The van der Waals surface area contributed by atoms with Crippen LogP contribution in [0, 0.1) is 0 Å². The van der Waals surface area contributed by atoms with Gasteiger partial charge in [-0.2, -0.15) is 0 Å². The Bertz CT molecular complexity index is 373. The van der Waals surface area contributed by atoms with Gasteiger partial charge in [-0.1, -0.05) is 50.3 Å². The predicted octanol–water partition coefficient (Wildman–Crippen LogP) is 3.98. The molecule has 1 heteroatoms. The number of hydrogen-bond donors (Lipinski definition) is 1. The summed E-state index contributed by atoms with van der Waals surface area (Å²) in [4.78, 5) is 0. The molecule has 80 valence electrons. The zero-order valence-electron chi connectivity index (χ0n) is 9.70. The van der Waals surface area contributed by atoms with E-state index >= 15 is 0 Å². The highest BCUT2D eigenvalue weighted by atomic mass is 14.6. The van der Waals surface area contributed by atoms with Crippen molar-refractivity contribution in [2.75, 3.05) is 5.73 Å². The van der Waals surface area contributed by atoms with Crippen molar-refractivity contribution in [1.29, 1.82) is 0 Å². The summed E-state index contributed by atoms with van der Waals surface area (Å²) in [5, 5.41) is 0. The SMILES string of the molecule is C/C=C\C=C/c1c(N)cccc1C(C)C. The maximum Gasteiger partial charge on any atom is 0.0390 e. The van der Waals surface area contributed by atoms with E-state index < -0.39 is 0 Å². The van der Waals surface area contributed by atoms with Crippen molar-refractivity contribution >= 4 is 11.8 Å². The van der Waals surface area contributed by atoms with E-state index in [-0.39, 0.29) is 0 Å². The zero-order chi connectivity index (χ0) is 11.3. The first-order valence-electron chi connectivity index (χ1n) is 5.34. The lowest BCUT2D eigenvalue weighted by Gasteiger charge is -2.11. The lowest BCUT2D eigenvalue weighted by Crippen LogP contribution is -1.97. The standard InChI is InChI=1S/C14H19N/c1-4-5-6-8-13-12(11(2)3)9-7-10-14(13)15/h4-11H,15H2,1-3H3/b5-4-,8-6-. The average Bonchev–Trinajstić information content (AvgIpc) is 2.20. The van der Waals surface area contributed by atoms with Crippen LogP contribution in [-0.4, -0.2) is 0 Å². The summed E-state index contributed by atoms with van der Waals surface area (Å²) in [6.07, 6.45) is 8.11. The lowest BCUT2D eigenvalue weighted by atomic mass is 9.95. The van der Waals surface area contributed by atoms with Gasteiger partial charge in [0.15, 0.2) is 0 Å². The Hall–Kier alpha value is -1.50. The van der Waals surface area contributed by atoms with E-state index in [4.69, 9.17) is 5.73 Å². The third-order valence-corrected chi connectivity index (χ3v) is 2.36. The van der Waals surface area contributed by atoms with Gasteiger partial charge in [-0.05, 0) is 24.5 Å². The molecule has 0 radical (unpaired) electrons. The minimum absolute atomic E-state index is 0.499. The van der Waals surface area contributed by atoms with E-state index in [0.717, 1.165) is 11.3 Å². The second kappa shape index (κ2) is 5.40. The number of nitrogen functional groups attached to an aromatic ring is 1. The van der Waals surface area contributed by atoms with E-state index in [1.807, 2.05) is 37.3 Å². The van der Waals surface area contributed by atoms with Crippen molar-refractivity contribution in [2.45, 2.75) is 26.7 Å². The molecule has 0 saturated carbocycles. The summed E-state index contributed by atoms with van der Waals surface area (Å²) in [6.45, 7) is 6.37. The molecular formula is C14H19N. The Morgan fingerprint density at radius 3 is 2.53 bits per heavy atom. The summed E-state index contributed by atoms with van der Waals surface area (Å²) >= 11 is 0. The Kier molecular flexibility index (Phi) is 4.17. The predicted molar refractivity (Wildman–Crippen MR) is 68.8 cm³/mol. The van der Waals surface area contributed by atoms with Gasteiger partial charge in [0, 0.05) is 11.3 Å². The smallest absolute Gasteiger partial charge is 0.0390 e. The van der Waals surface area contributed by atoms with Gasteiger partial charge < -0.3 is 5.73 Å². The van der Waals surface area contributed by atoms with Crippen LogP contribution < -0.4 is 5.73 Å². The highest BCUT2D eigenvalue weighted by Crippen LogP contribution is 2.25. The van der Waals surface area contributed by atoms with E-state index in [1.165, 1.54) is 5.56 Å². The molecule has 1 rings (SSSR count). The molecule has 0 aliphatic heterocycles. The van der Waals surface area contributed by atoms with E-state index in [9.17, 15) is 0 Å². The van der Waals surface area contributed by atoms with Gasteiger partial charge in [-0.15, -0.1) is 0 Å². The van der Waals surface area contributed by atoms with Gasteiger partial charge >= 0.3 is 0 Å². The normalized spacial score (nSPS) is 12.0. The quantitative estimate of drug-likeness (QED) is 0.581. The molecule has 1 aromatic rings. The molecule has 0 aromatic heterocycles. The van der Waals surface area contributed by atoms with Crippen LogP contribution in [0.1, 0.15) is 37.8 Å². The second-order valence-corrected chi connectivity index (χ2v) is 3.89. The number of benzene rings is 1. The fraction of sp³-hybridized carbons (Fsp3) is 0.286. The van der Waals surface area contributed by atoms with Gasteiger partial charge in [-0.3, -0.25) is 0 Å². The number of rotatable bonds is 3. The van der Waals surface area contributed by atoms with Crippen LogP contribution in [0.5, 0.6) is 0 Å². The van der Waals surface area contributed by atoms with Gasteiger partial charge in [0.25, 0.3) is 0 Å². The molecule has 0 atom stereocenters. The van der Waals surface area contributed by atoms with Crippen LogP contribution in [0.3, 0.4) is 0 Å². The van der Waals surface area contributed by atoms with Gasteiger partial charge in [0.2, 0.25) is 0 Å². The lowest BCUT2D eigenvalue weighted by molar-refractivity contribution is 0.864. The van der Waals surface area contributed by atoms with Crippen LogP contribution in [0.2, 0.25) is 0 Å². The van der Waals surface area contributed by atoms with Crippen molar-refractivity contribution < 1.29 is 0 Å². The summed E-state index contributed by atoms with van der Waals surface area (Å²) in [7, 11) is 0. The van der Waals surface area contributed by atoms with Crippen molar-refractivity contribution in [2.24, 2.45) is 0 Å². The van der Waals surface area contributed by atoms with Crippen LogP contribution in [0.4, 0.5) is 5.69 Å². The first-order valence-corrected chi connectivity index (χ1v) is 5.34. The Labute approximate surface area is 92.3 Å². The minimum atomic E-state index is 0.499. The first-order chi connectivity index (χ1) is 7.16. The molecule has 1 aromatic carbocycles. The molecule has 15 heavy (non-hydrogen) atoms. The van der Waals surface area contributed by atoms with Crippen molar-refractivity contribution in [3.8, 4) is 0 Å². The van der Waals surface area contributed by atoms with Crippen LogP contribution >= 0.6 is 0 Å². The zero-order valence-corrected chi connectivity index (χ0v) is 9.70. The van der Waals surface area contributed by atoms with Crippen LogP contribution in [0.15, 0.2) is 36.4 Å². The van der Waals surface area contributed by atoms with E-state index in [1.54, 1.807) is 0 Å². The number of anilines is 1. The monoisotopic (exact) mass is 201 g/mol.